The van der Waals surface area contributed by atoms with Crippen LogP contribution >= 0.6 is 0 Å². The van der Waals surface area contributed by atoms with E-state index in [1.54, 1.807) is 0 Å². The predicted octanol–water partition coefficient (Wildman–Crippen LogP) is -4.58. The summed E-state index contributed by atoms with van der Waals surface area (Å²) in [6, 6.07) is 0. The Kier molecular flexibility index (Phi) is 7.17. The van der Waals surface area contributed by atoms with Gasteiger partial charge in [0.05, 0.1) is 6.61 Å². The molecule has 0 aromatic carbocycles. The number of ether oxygens (including phenoxy) is 1. The fraction of sp³-hybridized carbons (Fsp3) is 0.500. The van der Waals surface area contributed by atoms with Gasteiger partial charge in [-0.3, -0.25) is 0 Å². The van der Waals surface area contributed by atoms with Crippen LogP contribution in [0.2, 0.25) is 0 Å². The van der Waals surface area contributed by atoms with Crippen molar-refractivity contribution in [3.63, 3.8) is 0 Å². The van der Waals surface area contributed by atoms with Gasteiger partial charge >= 0.3 is 35.5 Å². The Balaban J connectivity index is 0. The molecule has 0 saturated heterocycles. The molecule has 0 amide bonds. The average Bonchev–Trinajstić information content (AvgIpc) is 2.32. The molecular weight excluding hydrogens is 207 g/mol. The number of cyclic esters (lactones) is 1. The minimum Gasteiger partial charge on any atom is -0.870 e. The third kappa shape index (κ3) is 2.84. The van der Waals surface area contributed by atoms with Crippen molar-refractivity contribution in [2.45, 2.75) is 12.2 Å². The second-order valence-electron chi connectivity index (χ2n) is 2.31. The molecule has 8 heteroatoms. The summed E-state index contributed by atoms with van der Waals surface area (Å²) in [7, 11) is 0. The van der Waals surface area contributed by atoms with Crippen LogP contribution in [0.4, 0.5) is 0 Å². The first kappa shape index (κ1) is 16.1. The Morgan fingerprint density at radius 1 is 1.43 bits per heavy atom. The van der Waals surface area contributed by atoms with E-state index in [2.05, 4.69) is 4.74 Å². The Bertz CT molecular complexity index is 238. The van der Waals surface area contributed by atoms with Gasteiger partial charge in [-0.25, -0.2) is 4.79 Å². The molecule has 0 spiro atoms. The van der Waals surface area contributed by atoms with Crippen LogP contribution in [0.15, 0.2) is 11.5 Å². The Morgan fingerprint density at radius 2 is 1.93 bits per heavy atom. The second kappa shape index (κ2) is 6.23. The van der Waals surface area contributed by atoms with Crippen molar-refractivity contribution in [2.24, 2.45) is 0 Å². The van der Waals surface area contributed by atoms with Crippen LogP contribution in [0.5, 0.6) is 0 Å². The maximum Gasteiger partial charge on any atom is 1.00 e. The molecule has 1 aliphatic heterocycles. The third-order valence-corrected chi connectivity index (χ3v) is 1.48. The molecule has 0 aliphatic carbocycles. The van der Waals surface area contributed by atoms with E-state index in [9.17, 15) is 4.79 Å². The van der Waals surface area contributed by atoms with Crippen LogP contribution in [-0.2, 0) is 9.53 Å². The molecular formula is C6H9NaO7. The van der Waals surface area contributed by atoms with Crippen LogP contribution in [0.25, 0.3) is 0 Å². The van der Waals surface area contributed by atoms with Gasteiger partial charge in [-0.15, -0.1) is 0 Å². The average molecular weight is 216 g/mol. The number of aliphatic hydroxyl groups is 4. The normalized spacial score (nSPS) is 22.1. The second-order valence-corrected chi connectivity index (χ2v) is 2.31. The van der Waals surface area contributed by atoms with Crippen molar-refractivity contribution >= 4 is 5.97 Å². The number of hydrogen-bond donors (Lipinski definition) is 4. The first-order valence-electron chi connectivity index (χ1n) is 3.20. The van der Waals surface area contributed by atoms with Gasteiger partial charge in [-0.2, -0.15) is 0 Å². The van der Waals surface area contributed by atoms with Gasteiger partial charge in [0.2, 0.25) is 5.76 Å². The molecule has 5 N–H and O–H groups in total. The smallest absolute Gasteiger partial charge is 0.870 e. The summed E-state index contributed by atoms with van der Waals surface area (Å²) in [5.74, 6) is -2.78. The maximum absolute atomic E-state index is 10.5. The number of esters is 1. The van der Waals surface area contributed by atoms with Gasteiger partial charge in [0.1, 0.15) is 6.10 Å². The summed E-state index contributed by atoms with van der Waals surface area (Å²) >= 11 is 0. The van der Waals surface area contributed by atoms with E-state index >= 15 is 0 Å². The zero-order chi connectivity index (χ0) is 9.30. The fourth-order valence-corrected chi connectivity index (χ4v) is 0.823. The van der Waals surface area contributed by atoms with Gasteiger partial charge in [-0.1, -0.05) is 0 Å². The first-order valence-corrected chi connectivity index (χ1v) is 3.20. The molecule has 1 heterocycles. The molecule has 0 fully saturated rings. The van der Waals surface area contributed by atoms with Gasteiger partial charge in [0, 0.05) is 0 Å². The zero-order valence-electron chi connectivity index (χ0n) is 7.41. The molecule has 0 radical (unpaired) electrons. The number of carbonyl (C=O) groups excluding carboxylic acids is 1. The van der Waals surface area contributed by atoms with E-state index in [1.165, 1.54) is 0 Å². The number of rotatable bonds is 2. The summed E-state index contributed by atoms with van der Waals surface area (Å²) in [5, 5.41) is 35.0. The van der Waals surface area contributed by atoms with Crippen molar-refractivity contribution in [1.82, 2.24) is 0 Å². The predicted molar refractivity (Wildman–Crippen MR) is 37.2 cm³/mol. The number of aliphatic hydroxyl groups excluding tert-OH is 4. The molecule has 14 heavy (non-hydrogen) atoms. The van der Waals surface area contributed by atoms with Crippen molar-refractivity contribution in [3.05, 3.63) is 11.5 Å². The molecule has 7 nitrogen and oxygen atoms in total. The standard InChI is InChI=1S/C6H8O6.Na.H2O/c7-1-2(8)5-3(9)4(10)6(11)12-5;;/h2,5,7-10H,1H2;;1H2/q;+1;/p-1/t2-,5+;;/m0../s1. The summed E-state index contributed by atoms with van der Waals surface area (Å²) in [4.78, 5) is 10.5. The van der Waals surface area contributed by atoms with E-state index in [4.69, 9.17) is 20.4 Å². The van der Waals surface area contributed by atoms with Crippen molar-refractivity contribution in [1.29, 1.82) is 0 Å². The zero-order valence-corrected chi connectivity index (χ0v) is 9.41. The third-order valence-electron chi connectivity index (χ3n) is 1.48. The summed E-state index contributed by atoms with van der Waals surface area (Å²) in [5.41, 5.74) is 0. The van der Waals surface area contributed by atoms with Gasteiger partial charge < -0.3 is 30.6 Å². The van der Waals surface area contributed by atoms with E-state index in [0.29, 0.717) is 0 Å². The molecule has 0 aromatic heterocycles. The fourth-order valence-electron chi connectivity index (χ4n) is 0.823. The molecule has 1 aliphatic rings. The summed E-state index contributed by atoms with van der Waals surface area (Å²) < 4.78 is 4.32. The first-order chi connectivity index (χ1) is 5.57. The topological polar surface area (TPSA) is 137 Å². The van der Waals surface area contributed by atoms with Crippen molar-refractivity contribution < 1.29 is 65.0 Å². The van der Waals surface area contributed by atoms with Crippen LogP contribution in [0.3, 0.4) is 0 Å². The minimum atomic E-state index is -1.42. The van der Waals surface area contributed by atoms with Crippen LogP contribution in [-0.4, -0.2) is 50.7 Å². The van der Waals surface area contributed by atoms with Crippen molar-refractivity contribution in [2.75, 3.05) is 6.61 Å². The summed E-state index contributed by atoms with van der Waals surface area (Å²) in [6.45, 7) is -0.671. The Labute approximate surface area is 101 Å². The van der Waals surface area contributed by atoms with Gasteiger partial charge in [-0.05, 0) is 0 Å². The molecule has 2 atom stereocenters. The molecule has 0 saturated carbocycles. The SMILES string of the molecule is O=C1O[C@H]([C@@H](O)CO)C(O)=C1O.[Na+].[OH-]. The number of carbonyl (C=O) groups is 1. The Morgan fingerprint density at radius 3 is 2.21 bits per heavy atom. The van der Waals surface area contributed by atoms with Crippen LogP contribution in [0.1, 0.15) is 0 Å². The Hall–Kier alpha value is -0.310. The van der Waals surface area contributed by atoms with E-state index < -0.39 is 36.3 Å². The maximum atomic E-state index is 10.5. The largest absolute Gasteiger partial charge is 1.00 e. The van der Waals surface area contributed by atoms with Gasteiger partial charge in [0.15, 0.2) is 11.9 Å². The molecule has 76 valence electrons. The quantitative estimate of drug-likeness (QED) is 0.269. The van der Waals surface area contributed by atoms with Crippen LogP contribution in [0, 0.1) is 0 Å². The van der Waals surface area contributed by atoms with Crippen LogP contribution < -0.4 is 29.6 Å². The van der Waals surface area contributed by atoms with E-state index in [1.807, 2.05) is 0 Å². The molecule has 0 bridgehead atoms. The van der Waals surface area contributed by atoms with E-state index in [-0.39, 0.29) is 35.0 Å². The molecule has 0 unspecified atom stereocenters. The van der Waals surface area contributed by atoms with E-state index in [0.717, 1.165) is 0 Å². The number of hydrogen-bond acceptors (Lipinski definition) is 7. The molecule has 0 aromatic rings. The monoisotopic (exact) mass is 216 g/mol. The minimum absolute atomic E-state index is 0. The molecule has 1 rings (SSSR count). The van der Waals surface area contributed by atoms with Crippen molar-refractivity contribution in [3.8, 4) is 0 Å². The summed E-state index contributed by atoms with van der Waals surface area (Å²) in [6.07, 6.45) is -2.78. The van der Waals surface area contributed by atoms with Gasteiger partial charge in [0.25, 0.3) is 0 Å².